The second-order valence-corrected chi connectivity index (χ2v) is 6.76. The number of carbonyl (C=O) groups excluding carboxylic acids is 1. The van der Waals surface area contributed by atoms with Gasteiger partial charge < -0.3 is 5.32 Å². The van der Waals surface area contributed by atoms with Crippen LogP contribution >= 0.6 is 23.4 Å². The van der Waals surface area contributed by atoms with Gasteiger partial charge in [-0.05, 0) is 25.1 Å². The van der Waals surface area contributed by atoms with Gasteiger partial charge in [0.25, 0.3) is 0 Å². The zero-order chi connectivity index (χ0) is 17.7. The van der Waals surface area contributed by atoms with Crippen molar-refractivity contribution in [3.05, 3.63) is 58.9 Å². The maximum absolute atomic E-state index is 12.6. The minimum Gasteiger partial charge on any atom is -0.349 e. The standard InChI is InChI=1S/C16H14ClF3N2OS/c1-10(24-12-5-3-2-4-6-12)15(23)22-9-14-13(17)7-11(8-21-14)16(18,19)20/h2-8,10H,9H2,1H3,(H,22,23). The molecule has 1 amide bonds. The predicted octanol–water partition coefficient (Wildman–Crippen LogP) is 4.55. The molecule has 1 unspecified atom stereocenters. The Morgan fingerprint density at radius 1 is 1.33 bits per heavy atom. The summed E-state index contributed by atoms with van der Waals surface area (Å²) in [5.41, 5.74) is -0.731. The van der Waals surface area contributed by atoms with Crippen LogP contribution in [-0.2, 0) is 17.5 Å². The Morgan fingerprint density at radius 3 is 2.58 bits per heavy atom. The van der Waals surface area contributed by atoms with Crippen molar-refractivity contribution in [1.29, 1.82) is 0 Å². The van der Waals surface area contributed by atoms with Gasteiger partial charge in [0.1, 0.15) is 0 Å². The summed E-state index contributed by atoms with van der Waals surface area (Å²) in [4.78, 5) is 16.7. The van der Waals surface area contributed by atoms with Crippen molar-refractivity contribution in [2.45, 2.75) is 29.8 Å². The van der Waals surface area contributed by atoms with Crippen LogP contribution in [0.15, 0.2) is 47.5 Å². The zero-order valence-electron chi connectivity index (χ0n) is 12.6. The predicted molar refractivity (Wildman–Crippen MR) is 87.9 cm³/mol. The van der Waals surface area contributed by atoms with E-state index in [9.17, 15) is 18.0 Å². The lowest BCUT2D eigenvalue weighted by Crippen LogP contribution is -2.30. The Bertz CT molecular complexity index is 710. The highest BCUT2D eigenvalue weighted by atomic mass is 35.5. The van der Waals surface area contributed by atoms with Crippen LogP contribution in [0.25, 0.3) is 0 Å². The highest BCUT2D eigenvalue weighted by molar-refractivity contribution is 8.00. The number of alkyl halides is 3. The van der Waals surface area contributed by atoms with Crippen molar-refractivity contribution in [1.82, 2.24) is 10.3 Å². The summed E-state index contributed by atoms with van der Waals surface area (Å²) in [5, 5.41) is 2.14. The maximum atomic E-state index is 12.6. The molecule has 0 spiro atoms. The third-order valence-corrected chi connectivity index (χ3v) is 4.54. The van der Waals surface area contributed by atoms with E-state index in [0.717, 1.165) is 11.0 Å². The second-order valence-electron chi connectivity index (χ2n) is 4.94. The van der Waals surface area contributed by atoms with Gasteiger partial charge in [0.15, 0.2) is 0 Å². The van der Waals surface area contributed by atoms with Crippen LogP contribution in [0.5, 0.6) is 0 Å². The lowest BCUT2D eigenvalue weighted by Gasteiger charge is -2.13. The normalized spacial score (nSPS) is 12.7. The molecule has 0 radical (unpaired) electrons. The molecule has 128 valence electrons. The monoisotopic (exact) mass is 374 g/mol. The first-order chi connectivity index (χ1) is 11.3. The minimum absolute atomic E-state index is 0.0322. The molecule has 8 heteroatoms. The van der Waals surface area contributed by atoms with Crippen LogP contribution in [0, 0.1) is 0 Å². The van der Waals surface area contributed by atoms with Gasteiger partial charge in [-0.1, -0.05) is 29.8 Å². The molecule has 1 N–H and O–H groups in total. The second kappa shape index (κ2) is 7.90. The van der Waals surface area contributed by atoms with Crippen LogP contribution in [-0.4, -0.2) is 16.1 Å². The van der Waals surface area contributed by atoms with Crippen LogP contribution in [0.1, 0.15) is 18.2 Å². The van der Waals surface area contributed by atoms with E-state index in [1.54, 1.807) is 6.92 Å². The van der Waals surface area contributed by atoms with E-state index in [0.29, 0.717) is 6.20 Å². The van der Waals surface area contributed by atoms with E-state index in [1.807, 2.05) is 30.3 Å². The molecular weight excluding hydrogens is 361 g/mol. The van der Waals surface area contributed by atoms with Crippen molar-refractivity contribution in [3.8, 4) is 0 Å². The van der Waals surface area contributed by atoms with Crippen molar-refractivity contribution < 1.29 is 18.0 Å². The Labute approximate surface area is 146 Å². The number of thioether (sulfide) groups is 1. The van der Waals surface area contributed by atoms with Crippen LogP contribution in [0.4, 0.5) is 13.2 Å². The fourth-order valence-electron chi connectivity index (χ4n) is 1.82. The highest BCUT2D eigenvalue weighted by Crippen LogP contribution is 2.31. The summed E-state index contributed by atoms with van der Waals surface area (Å²) in [6, 6.07) is 10.2. The van der Waals surface area contributed by atoms with Gasteiger partial charge in [-0.25, -0.2) is 0 Å². The molecule has 3 nitrogen and oxygen atoms in total. The molecule has 0 aliphatic rings. The maximum Gasteiger partial charge on any atom is 0.417 e. The largest absolute Gasteiger partial charge is 0.417 e. The SMILES string of the molecule is CC(Sc1ccccc1)C(=O)NCc1ncc(C(F)(F)F)cc1Cl. The molecule has 0 saturated carbocycles. The number of amides is 1. The fraction of sp³-hybridized carbons (Fsp3) is 0.250. The van der Waals surface area contributed by atoms with Crippen LogP contribution in [0.3, 0.4) is 0 Å². The summed E-state index contributed by atoms with van der Waals surface area (Å²) in [5.74, 6) is -0.249. The molecule has 2 rings (SSSR count). The quantitative estimate of drug-likeness (QED) is 0.780. The zero-order valence-corrected chi connectivity index (χ0v) is 14.2. The van der Waals surface area contributed by atoms with Crippen LogP contribution in [0.2, 0.25) is 5.02 Å². The van der Waals surface area contributed by atoms with Crippen molar-refractivity contribution in [2.75, 3.05) is 0 Å². The topological polar surface area (TPSA) is 42.0 Å². The number of halogens is 4. The lowest BCUT2D eigenvalue weighted by atomic mass is 10.2. The number of hydrogen-bond acceptors (Lipinski definition) is 3. The van der Waals surface area contributed by atoms with E-state index in [1.165, 1.54) is 11.8 Å². The van der Waals surface area contributed by atoms with Crippen molar-refractivity contribution >= 4 is 29.3 Å². The molecule has 1 aromatic carbocycles. The molecule has 1 heterocycles. The summed E-state index contributed by atoms with van der Waals surface area (Å²) in [6.45, 7) is 1.71. The van der Waals surface area contributed by atoms with Gasteiger partial charge in [0.05, 0.1) is 28.1 Å². The van der Waals surface area contributed by atoms with Gasteiger partial charge >= 0.3 is 6.18 Å². The molecule has 1 aromatic heterocycles. The van der Waals surface area contributed by atoms with Gasteiger partial charge in [-0.3, -0.25) is 9.78 Å². The number of nitrogens with one attached hydrogen (secondary N) is 1. The van der Waals surface area contributed by atoms with Crippen LogP contribution < -0.4 is 5.32 Å². The van der Waals surface area contributed by atoms with Gasteiger partial charge in [-0.15, -0.1) is 11.8 Å². The van der Waals surface area contributed by atoms with E-state index in [2.05, 4.69) is 10.3 Å². The van der Waals surface area contributed by atoms with Crippen molar-refractivity contribution in [2.24, 2.45) is 0 Å². The van der Waals surface area contributed by atoms with Crippen molar-refractivity contribution in [3.63, 3.8) is 0 Å². The summed E-state index contributed by atoms with van der Waals surface area (Å²) in [7, 11) is 0. The Kier molecular flexibility index (Phi) is 6.12. The first-order valence-corrected chi connectivity index (χ1v) is 8.24. The molecule has 0 aliphatic carbocycles. The number of pyridine rings is 1. The van der Waals surface area contributed by atoms with Gasteiger partial charge in [0, 0.05) is 11.1 Å². The summed E-state index contributed by atoms with van der Waals surface area (Å²) in [6.07, 6.45) is -3.80. The Morgan fingerprint density at radius 2 is 2.00 bits per heavy atom. The third-order valence-electron chi connectivity index (χ3n) is 3.10. The molecular formula is C16H14ClF3N2OS. The number of nitrogens with zero attached hydrogens (tertiary/aromatic N) is 1. The van der Waals surface area contributed by atoms with E-state index < -0.39 is 11.7 Å². The number of aromatic nitrogens is 1. The number of carbonyl (C=O) groups is 1. The number of hydrogen-bond donors (Lipinski definition) is 1. The first-order valence-electron chi connectivity index (χ1n) is 6.98. The smallest absolute Gasteiger partial charge is 0.349 e. The minimum atomic E-state index is -4.50. The number of rotatable bonds is 5. The molecule has 0 saturated heterocycles. The first kappa shape index (κ1) is 18.6. The summed E-state index contributed by atoms with van der Waals surface area (Å²) < 4.78 is 37.7. The third kappa shape index (κ3) is 5.14. The molecule has 2 aromatic rings. The molecule has 0 bridgehead atoms. The van der Waals surface area contributed by atoms with E-state index in [4.69, 9.17) is 11.6 Å². The van der Waals surface area contributed by atoms with Gasteiger partial charge in [0.2, 0.25) is 5.91 Å². The Hall–Kier alpha value is -1.73. The fourth-order valence-corrected chi connectivity index (χ4v) is 2.97. The molecule has 1 atom stereocenters. The lowest BCUT2D eigenvalue weighted by molar-refractivity contribution is -0.137. The average Bonchev–Trinajstić information content (AvgIpc) is 2.53. The highest BCUT2D eigenvalue weighted by Gasteiger charge is 2.31. The van der Waals surface area contributed by atoms with E-state index >= 15 is 0 Å². The summed E-state index contributed by atoms with van der Waals surface area (Å²) >= 11 is 7.19. The Balaban J connectivity index is 1.94. The number of benzene rings is 1. The van der Waals surface area contributed by atoms with E-state index in [-0.39, 0.29) is 28.4 Å². The van der Waals surface area contributed by atoms with Gasteiger partial charge in [-0.2, -0.15) is 13.2 Å². The average molecular weight is 375 g/mol. The molecule has 0 aliphatic heterocycles. The molecule has 24 heavy (non-hydrogen) atoms. The molecule has 0 fully saturated rings.